The van der Waals surface area contributed by atoms with Crippen molar-refractivity contribution in [2.24, 2.45) is 4.99 Å². The number of hydrogen-bond donors (Lipinski definition) is 0. The first-order chi connectivity index (χ1) is 13.1. The molecule has 3 rings (SSSR count). The number of ether oxygens (including phenoxy) is 1. The lowest BCUT2D eigenvalue weighted by molar-refractivity contribution is -0.122. The molecule has 0 saturated heterocycles. The zero-order valence-corrected chi connectivity index (χ0v) is 15.9. The molecule has 6 heteroatoms. The largest absolute Gasteiger partial charge is 0.497 e. The van der Waals surface area contributed by atoms with E-state index in [-0.39, 0.29) is 11.2 Å². The molecule has 0 unspecified atom stereocenters. The summed E-state index contributed by atoms with van der Waals surface area (Å²) in [5, 5.41) is 9.39. The topological polar surface area (TPSA) is 65.7 Å². The molecule has 0 saturated carbocycles. The average molecular weight is 377 g/mol. The normalized spacial score (nSPS) is 16.2. The van der Waals surface area contributed by atoms with Gasteiger partial charge < -0.3 is 4.74 Å². The quantitative estimate of drug-likeness (QED) is 0.737. The zero-order chi connectivity index (χ0) is 19.2. The van der Waals surface area contributed by atoms with Gasteiger partial charge >= 0.3 is 0 Å². The van der Waals surface area contributed by atoms with Crippen molar-refractivity contribution in [3.63, 3.8) is 0 Å². The molecule has 1 heterocycles. The fourth-order valence-electron chi connectivity index (χ4n) is 2.57. The van der Waals surface area contributed by atoms with Gasteiger partial charge in [0, 0.05) is 0 Å². The standard InChI is InChI=1S/C21H19N3O2S/c1-15(13-22)27-21-23-19(12-16-8-10-18(26-2)11-9-16)20(25)24(21)14-17-6-4-3-5-7-17/h3-12,15H,14H2,1-2H3/b19-12-/t15-/m1/s1. The molecule has 5 nitrogen and oxygen atoms in total. The van der Waals surface area contributed by atoms with E-state index in [0.29, 0.717) is 17.4 Å². The van der Waals surface area contributed by atoms with Gasteiger partial charge in [-0.15, -0.1) is 0 Å². The minimum Gasteiger partial charge on any atom is -0.497 e. The highest BCUT2D eigenvalue weighted by atomic mass is 32.2. The van der Waals surface area contributed by atoms with Crippen molar-refractivity contribution in [2.45, 2.75) is 18.7 Å². The fourth-order valence-corrected chi connectivity index (χ4v) is 3.36. The number of carbonyl (C=O) groups is 1. The molecule has 0 bridgehead atoms. The second-order valence-electron chi connectivity index (χ2n) is 5.96. The Morgan fingerprint density at radius 1 is 1.22 bits per heavy atom. The third kappa shape index (κ3) is 4.57. The predicted molar refractivity (Wildman–Crippen MR) is 108 cm³/mol. The number of rotatable bonds is 5. The molecule has 0 N–H and O–H groups in total. The highest BCUT2D eigenvalue weighted by molar-refractivity contribution is 8.14. The number of carbonyl (C=O) groups excluding carboxylic acids is 1. The van der Waals surface area contributed by atoms with Crippen LogP contribution in [-0.2, 0) is 11.3 Å². The maximum absolute atomic E-state index is 12.9. The Kier molecular flexibility index (Phi) is 5.94. The van der Waals surface area contributed by atoms with Crippen molar-refractivity contribution < 1.29 is 9.53 Å². The Hall–Kier alpha value is -3.04. The number of hydrogen-bond acceptors (Lipinski definition) is 5. The number of nitrogens with zero attached hydrogens (tertiary/aromatic N) is 3. The lowest BCUT2D eigenvalue weighted by Crippen LogP contribution is -2.30. The van der Waals surface area contributed by atoms with Gasteiger partial charge in [0.1, 0.15) is 11.4 Å². The smallest absolute Gasteiger partial charge is 0.278 e. The van der Waals surface area contributed by atoms with Crippen LogP contribution in [0.4, 0.5) is 0 Å². The third-order valence-corrected chi connectivity index (χ3v) is 4.96. The number of amides is 1. The molecule has 1 aliphatic rings. The van der Waals surface area contributed by atoms with Crippen LogP contribution < -0.4 is 4.74 Å². The van der Waals surface area contributed by atoms with Gasteiger partial charge in [-0.1, -0.05) is 54.2 Å². The number of nitriles is 1. The van der Waals surface area contributed by atoms with E-state index in [1.807, 2.05) is 54.6 Å². The van der Waals surface area contributed by atoms with Crippen LogP contribution in [0.5, 0.6) is 5.75 Å². The van der Waals surface area contributed by atoms with E-state index >= 15 is 0 Å². The monoisotopic (exact) mass is 377 g/mol. The molecule has 0 spiro atoms. The molecule has 0 aliphatic carbocycles. The van der Waals surface area contributed by atoms with E-state index in [9.17, 15) is 4.79 Å². The van der Waals surface area contributed by atoms with Gasteiger partial charge in [0.25, 0.3) is 5.91 Å². The van der Waals surface area contributed by atoms with Crippen LogP contribution in [0.2, 0.25) is 0 Å². The Balaban J connectivity index is 1.89. The Morgan fingerprint density at radius 2 is 1.93 bits per heavy atom. The summed E-state index contributed by atoms with van der Waals surface area (Å²) in [6.45, 7) is 2.22. The minimum atomic E-state index is -0.296. The molecular formula is C21H19N3O2S. The van der Waals surface area contributed by atoms with Crippen molar-refractivity contribution >= 4 is 28.9 Å². The average Bonchev–Trinajstić information content (AvgIpc) is 2.98. The maximum Gasteiger partial charge on any atom is 0.278 e. The van der Waals surface area contributed by atoms with Crippen molar-refractivity contribution in [1.29, 1.82) is 5.26 Å². The first kappa shape index (κ1) is 18.7. The SMILES string of the molecule is COc1ccc(/C=C2\N=C(S[C@H](C)C#N)N(Cc3ccccc3)C2=O)cc1. The molecule has 1 amide bonds. The molecule has 136 valence electrons. The number of aliphatic imine (C=N–C) groups is 1. The van der Waals surface area contributed by atoms with Crippen LogP contribution in [0.15, 0.2) is 65.3 Å². The van der Waals surface area contributed by atoms with E-state index in [1.165, 1.54) is 11.8 Å². The predicted octanol–water partition coefficient (Wildman–Crippen LogP) is 4.08. The Bertz CT molecular complexity index is 915. The second kappa shape index (κ2) is 8.56. The van der Waals surface area contributed by atoms with E-state index < -0.39 is 0 Å². The summed E-state index contributed by atoms with van der Waals surface area (Å²) in [4.78, 5) is 19.1. The van der Waals surface area contributed by atoms with Crippen LogP contribution in [0.3, 0.4) is 0 Å². The summed E-state index contributed by atoms with van der Waals surface area (Å²) >= 11 is 1.29. The highest BCUT2D eigenvalue weighted by Gasteiger charge is 2.31. The van der Waals surface area contributed by atoms with Gasteiger partial charge in [-0.25, -0.2) is 4.99 Å². The summed E-state index contributed by atoms with van der Waals surface area (Å²) in [6, 6.07) is 19.3. The van der Waals surface area contributed by atoms with Crippen molar-refractivity contribution in [3.05, 3.63) is 71.4 Å². The summed E-state index contributed by atoms with van der Waals surface area (Å²) in [7, 11) is 1.61. The Labute approximate surface area is 163 Å². The summed E-state index contributed by atoms with van der Waals surface area (Å²) in [6.07, 6.45) is 1.75. The fraction of sp³-hybridized carbons (Fsp3) is 0.190. The third-order valence-electron chi connectivity index (χ3n) is 3.98. The zero-order valence-electron chi connectivity index (χ0n) is 15.1. The van der Waals surface area contributed by atoms with Gasteiger partial charge in [-0.2, -0.15) is 5.26 Å². The lowest BCUT2D eigenvalue weighted by Gasteiger charge is -2.18. The van der Waals surface area contributed by atoms with Gasteiger partial charge in [0.05, 0.1) is 25.0 Å². The van der Waals surface area contributed by atoms with Gasteiger partial charge in [0.2, 0.25) is 0 Å². The summed E-state index contributed by atoms with van der Waals surface area (Å²) in [5.41, 5.74) is 2.24. The molecule has 2 aromatic carbocycles. The number of amidine groups is 1. The van der Waals surface area contributed by atoms with Gasteiger partial charge in [-0.05, 0) is 36.3 Å². The number of methoxy groups -OCH3 is 1. The molecule has 0 aromatic heterocycles. The molecule has 0 radical (unpaired) electrons. The summed E-state index contributed by atoms with van der Waals surface area (Å²) in [5.74, 6) is 0.588. The van der Waals surface area contributed by atoms with Gasteiger partial charge in [-0.3, -0.25) is 9.69 Å². The Morgan fingerprint density at radius 3 is 2.56 bits per heavy atom. The molecular weight excluding hydrogens is 358 g/mol. The van der Waals surface area contributed by atoms with Crippen molar-refractivity contribution in [1.82, 2.24) is 4.90 Å². The van der Waals surface area contributed by atoms with Crippen LogP contribution in [0, 0.1) is 11.3 Å². The highest BCUT2D eigenvalue weighted by Crippen LogP contribution is 2.28. The molecule has 1 aliphatic heterocycles. The molecule has 27 heavy (non-hydrogen) atoms. The second-order valence-corrected chi connectivity index (χ2v) is 7.27. The van der Waals surface area contributed by atoms with Crippen LogP contribution in [-0.4, -0.2) is 28.3 Å². The van der Waals surface area contributed by atoms with Crippen molar-refractivity contribution in [3.8, 4) is 11.8 Å². The number of benzene rings is 2. The lowest BCUT2D eigenvalue weighted by atomic mass is 10.1. The van der Waals surface area contributed by atoms with E-state index in [1.54, 1.807) is 25.0 Å². The maximum atomic E-state index is 12.9. The van der Waals surface area contributed by atoms with E-state index in [0.717, 1.165) is 16.9 Å². The molecule has 0 fully saturated rings. The minimum absolute atomic E-state index is 0.165. The van der Waals surface area contributed by atoms with Crippen molar-refractivity contribution in [2.75, 3.05) is 7.11 Å². The van der Waals surface area contributed by atoms with Crippen LogP contribution in [0.25, 0.3) is 6.08 Å². The van der Waals surface area contributed by atoms with Gasteiger partial charge in [0.15, 0.2) is 5.17 Å². The molecule has 2 aromatic rings. The summed E-state index contributed by atoms with van der Waals surface area (Å²) < 4.78 is 5.16. The van der Waals surface area contributed by atoms with Crippen LogP contribution in [0.1, 0.15) is 18.1 Å². The number of thioether (sulfide) groups is 1. The van der Waals surface area contributed by atoms with Crippen LogP contribution >= 0.6 is 11.8 Å². The molecule has 1 atom stereocenters. The van der Waals surface area contributed by atoms with E-state index in [4.69, 9.17) is 10.00 Å². The first-order valence-electron chi connectivity index (χ1n) is 8.47. The van der Waals surface area contributed by atoms with E-state index in [2.05, 4.69) is 11.1 Å². The first-order valence-corrected chi connectivity index (χ1v) is 9.35.